The molecule has 2 saturated heterocycles. The second-order valence-electron chi connectivity index (χ2n) is 12.0. The normalized spacial score (nSPS) is 24.8. The topological polar surface area (TPSA) is 79.1 Å². The minimum atomic E-state index is -1.02. The molecule has 2 aliphatic heterocycles. The Balaban J connectivity index is 1.26. The molecule has 3 aromatic rings. The number of ether oxygens (including phenoxy) is 1. The first-order chi connectivity index (χ1) is 20.4. The van der Waals surface area contributed by atoms with Gasteiger partial charge in [0, 0.05) is 37.4 Å². The number of rotatable bonds is 7. The molecule has 0 radical (unpaired) electrons. The van der Waals surface area contributed by atoms with Crippen LogP contribution in [0.5, 0.6) is 6.01 Å². The highest BCUT2D eigenvalue weighted by molar-refractivity contribution is 5.92. The number of likely N-dealkylation sites (tertiary alicyclic amines) is 1. The van der Waals surface area contributed by atoms with Crippen molar-refractivity contribution in [1.29, 1.82) is 0 Å². The number of nitrogens with zero attached hydrogens (tertiary/aromatic N) is 7. The minimum Gasteiger partial charge on any atom is -0.462 e. The lowest BCUT2D eigenvalue weighted by atomic mass is 9.95. The van der Waals surface area contributed by atoms with E-state index in [0.717, 1.165) is 37.3 Å². The molecule has 10 heteroatoms. The van der Waals surface area contributed by atoms with Crippen LogP contribution < -0.4 is 9.64 Å². The van der Waals surface area contributed by atoms with Gasteiger partial charge in [0.2, 0.25) is 6.54 Å². The summed E-state index contributed by atoms with van der Waals surface area (Å²) in [6.07, 6.45) is 6.53. The molecule has 1 saturated carbocycles. The van der Waals surface area contributed by atoms with Crippen molar-refractivity contribution < 1.29 is 13.9 Å². The molecule has 4 heterocycles. The number of likely N-dealkylation sites (N-methyl/N-ethyl adjacent to an activating group) is 1. The van der Waals surface area contributed by atoms with Crippen molar-refractivity contribution in [2.24, 2.45) is 5.92 Å². The molecule has 1 aromatic carbocycles. The molecule has 42 heavy (non-hydrogen) atoms. The van der Waals surface area contributed by atoms with E-state index in [1.165, 1.54) is 28.0 Å². The van der Waals surface area contributed by atoms with E-state index in [0.29, 0.717) is 48.5 Å². The van der Waals surface area contributed by atoms with Gasteiger partial charge in [0.25, 0.3) is 5.91 Å². The number of fused-ring (bicyclic) bond motifs is 4. The van der Waals surface area contributed by atoms with Gasteiger partial charge in [-0.05, 0) is 73.9 Å². The number of halogens is 1. The van der Waals surface area contributed by atoms with Crippen LogP contribution in [-0.4, -0.2) is 89.1 Å². The van der Waals surface area contributed by atoms with E-state index in [4.69, 9.17) is 26.3 Å². The molecule has 0 spiro atoms. The Bertz CT molecular complexity index is 1620. The van der Waals surface area contributed by atoms with Crippen LogP contribution in [0.4, 0.5) is 10.2 Å². The molecular formula is C32H34FN7O2. The summed E-state index contributed by atoms with van der Waals surface area (Å²) < 4.78 is 20.0. The smallest absolute Gasteiger partial charge is 0.319 e. The molecule has 1 amide bonds. The van der Waals surface area contributed by atoms with Crippen LogP contribution in [0.3, 0.4) is 0 Å². The number of aromatic nitrogens is 3. The average molecular weight is 568 g/mol. The highest BCUT2D eigenvalue weighted by atomic mass is 19.1. The van der Waals surface area contributed by atoms with Crippen LogP contribution in [0.1, 0.15) is 36.3 Å². The maximum atomic E-state index is 13.8. The zero-order valence-electron chi connectivity index (χ0n) is 23.8. The molecule has 2 aliphatic carbocycles. The second-order valence-corrected chi connectivity index (χ2v) is 12.0. The maximum Gasteiger partial charge on any atom is 0.319 e. The quantitative estimate of drug-likeness (QED) is 0.312. The lowest BCUT2D eigenvalue weighted by molar-refractivity contribution is -0.131. The monoisotopic (exact) mass is 567 g/mol. The summed E-state index contributed by atoms with van der Waals surface area (Å²) in [5.74, 6) is 0.243. The summed E-state index contributed by atoms with van der Waals surface area (Å²) in [4.78, 5) is 36.3. The summed E-state index contributed by atoms with van der Waals surface area (Å²) in [7, 11) is 2.11. The number of hydrogen-bond acceptors (Lipinski definition) is 7. The Kier molecular flexibility index (Phi) is 6.77. The standard InChI is InChI=1S/C32H34FN7O2/c1-19(33)31(41)40-11-10-39(17-24(40)16-34-2)30-29-27(36-32(37-30)42-18-23-7-5-9-38(23)3)14-22(15-35-29)25-8-4-6-20-12-21-13-26(21)28(20)25/h4,6,8,14-15,21,23-24,26H,1,5,7,9-13,16-18H2,3H3/t21-,23-,24-,26+/m0/s1. The first-order valence-electron chi connectivity index (χ1n) is 14.8. The molecule has 0 N–H and O–H groups in total. The molecule has 3 fully saturated rings. The lowest BCUT2D eigenvalue weighted by Crippen LogP contribution is -2.56. The molecule has 2 aromatic heterocycles. The van der Waals surface area contributed by atoms with Gasteiger partial charge in [0.05, 0.1) is 5.52 Å². The largest absolute Gasteiger partial charge is 0.462 e. The third-order valence-corrected chi connectivity index (χ3v) is 9.43. The van der Waals surface area contributed by atoms with Crippen LogP contribution in [0.2, 0.25) is 0 Å². The molecule has 0 unspecified atom stereocenters. The summed E-state index contributed by atoms with van der Waals surface area (Å²) in [6, 6.07) is 8.73. The van der Waals surface area contributed by atoms with Crippen LogP contribution in [-0.2, 0) is 11.2 Å². The van der Waals surface area contributed by atoms with Gasteiger partial charge in [-0.3, -0.25) is 9.78 Å². The zero-order valence-corrected chi connectivity index (χ0v) is 23.8. The highest BCUT2D eigenvalue weighted by Crippen LogP contribution is 2.58. The minimum absolute atomic E-state index is 0.0504. The fourth-order valence-corrected chi connectivity index (χ4v) is 7.10. The molecule has 9 nitrogen and oxygen atoms in total. The fraction of sp³-hybridized carbons (Fsp3) is 0.469. The van der Waals surface area contributed by atoms with E-state index in [9.17, 15) is 9.18 Å². The van der Waals surface area contributed by atoms with Gasteiger partial charge in [-0.2, -0.15) is 9.97 Å². The summed E-state index contributed by atoms with van der Waals surface area (Å²) in [6.45, 7) is 13.2. The van der Waals surface area contributed by atoms with E-state index in [-0.39, 0.29) is 19.1 Å². The number of carbonyl (C=O) groups excluding carboxylic acids is 1. The molecule has 216 valence electrons. The van der Waals surface area contributed by atoms with Crippen molar-refractivity contribution in [1.82, 2.24) is 24.8 Å². The van der Waals surface area contributed by atoms with Crippen molar-refractivity contribution >= 4 is 22.8 Å². The Labute approximate surface area is 244 Å². The van der Waals surface area contributed by atoms with Crippen LogP contribution in [0, 0.1) is 12.5 Å². The highest BCUT2D eigenvalue weighted by Gasteiger charge is 2.46. The van der Waals surface area contributed by atoms with E-state index in [1.807, 2.05) is 11.1 Å². The van der Waals surface area contributed by atoms with E-state index in [1.54, 1.807) is 0 Å². The SMILES string of the molecule is [C-]#[N+]C[C@H]1CN(c2nc(OC[C@@H]3CCCN3C)nc3cc(-c4cccc5c4[C@@H]4C[C@@H]4C5)cnc23)CCN1C(=O)C(=C)F. The summed E-state index contributed by atoms with van der Waals surface area (Å²) >= 11 is 0. The number of anilines is 1. The number of pyridine rings is 1. The molecule has 4 atom stereocenters. The zero-order chi connectivity index (χ0) is 29.0. The third kappa shape index (κ3) is 4.75. The first kappa shape index (κ1) is 26.8. The Morgan fingerprint density at radius 2 is 2.12 bits per heavy atom. The predicted molar refractivity (Wildman–Crippen MR) is 158 cm³/mol. The number of hydrogen-bond donors (Lipinski definition) is 0. The van der Waals surface area contributed by atoms with Gasteiger partial charge in [0.15, 0.2) is 11.6 Å². The molecular weight excluding hydrogens is 533 g/mol. The third-order valence-electron chi connectivity index (χ3n) is 9.43. The number of carbonyl (C=O) groups is 1. The van der Waals surface area contributed by atoms with Gasteiger partial charge in [-0.15, -0.1) is 0 Å². The van der Waals surface area contributed by atoms with Gasteiger partial charge < -0.3 is 24.3 Å². The predicted octanol–water partition coefficient (Wildman–Crippen LogP) is 4.24. The van der Waals surface area contributed by atoms with E-state index in [2.05, 4.69) is 47.6 Å². The van der Waals surface area contributed by atoms with Crippen molar-refractivity contribution in [3.63, 3.8) is 0 Å². The van der Waals surface area contributed by atoms with Crippen molar-refractivity contribution in [3.8, 4) is 17.1 Å². The molecule has 4 aliphatic rings. The van der Waals surface area contributed by atoms with Gasteiger partial charge >= 0.3 is 6.01 Å². The van der Waals surface area contributed by atoms with Gasteiger partial charge in [0.1, 0.15) is 18.2 Å². The first-order valence-corrected chi connectivity index (χ1v) is 14.8. The number of amides is 1. The van der Waals surface area contributed by atoms with Crippen molar-refractivity contribution in [2.45, 2.75) is 43.7 Å². The van der Waals surface area contributed by atoms with Crippen molar-refractivity contribution in [2.75, 3.05) is 51.3 Å². The Morgan fingerprint density at radius 1 is 1.24 bits per heavy atom. The Hall–Kier alpha value is -4.10. The van der Waals surface area contributed by atoms with Crippen LogP contribution in [0.25, 0.3) is 27.0 Å². The fourth-order valence-electron chi connectivity index (χ4n) is 7.10. The summed E-state index contributed by atoms with van der Waals surface area (Å²) in [5.41, 5.74) is 6.47. The maximum absolute atomic E-state index is 13.8. The van der Waals surface area contributed by atoms with Gasteiger partial charge in [-0.25, -0.2) is 11.0 Å². The van der Waals surface area contributed by atoms with Crippen molar-refractivity contribution in [3.05, 3.63) is 65.4 Å². The molecule has 0 bridgehead atoms. The number of benzene rings is 1. The van der Waals surface area contributed by atoms with Gasteiger partial charge in [-0.1, -0.05) is 24.8 Å². The number of piperazine rings is 1. The lowest BCUT2D eigenvalue weighted by Gasteiger charge is -2.39. The van der Waals surface area contributed by atoms with E-state index < -0.39 is 17.8 Å². The van der Waals surface area contributed by atoms with E-state index >= 15 is 0 Å². The average Bonchev–Trinajstić information content (AvgIpc) is 3.47. The van der Waals surface area contributed by atoms with Crippen LogP contribution >= 0.6 is 0 Å². The van der Waals surface area contributed by atoms with Crippen LogP contribution in [0.15, 0.2) is 42.9 Å². The summed E-state index contributed by atoms with van der Waals surface area (Å²) in [5, 5.41) is 0. The Morgan fingerprint density at radius 3 is 2.90 bits per heavy atom. The second kappa shape index (κ2) is 10.6. The molecule has 7 rings (SSSR count).